The SMILES string of the molecule is Cc1[nH]c2ccccc2c1C(=O)C(C)Sc1nnc(-c2cccnc2)o1. The highest BCUT2D eigenvalue weighted by molar-refractivity contribution is 8.00. The molecule has 0 saturated carbocycles. The second-order valence-corrected chi connectivity index (χ2v) is 7.20. The first-order valence-electron chi connectivity index (χ1n) is 8.15. The number of benzene rings is 1. The second kappa shape index (κ2) is 6.76. The molecule has 0 amide bonds. The molecule has 1 atom stereocenters. The molecule has 0 aliphatic heterocycles. The number of pyridine rings is 1. The average molecular weight is 364 g/mol. The van der Waals surface area contributed by atoms with Crippen molar-refractivity contribution in [3.63, 3.8) is 0 Å². The summed E-state index contributed by atoms with van der Waals surface area (Å²) in [5.41, 5.74) is 3.29. The summed E-state index contributed by atoms with van der Waals surface area (Å²) in [5, 5.41) is 9.02. The Morgan fingerprint density at radius 1 is 1.19 bits per heavy atom. The number of para-hydroxylation sites is 1. The van der Waals surface area contributed by atoms with E-state index in [4.69, 9.17) is 4.42 Å². The van der Waals surface area contributed by atoms with Crippen LogP contribution in [0.3, 0.4) is 0 Å². The molecule has 0 fully saturated rings. The van der Waals surface area contributed by atoms with Gasteiger partial charge in [0.1, 0.15) is 0 Å². The van der Waals surface area contributed by atoms with Crippen LogP contribution in [0.25, 0.3) is 22.4 Å². The van der Waals surface area contributed by atoms with Crippen molar-refractivity contribution in [2.24, 2.45) is 0 Å². The van der Waals surface area contributed by atoms with Gasteiger partial charge in [-0.2, -0.15) is 0 Å². The molecule has 26 heavy (non-hydrogen) atoms. The maximum absolute atomic E-state index is 13.0. The molecule has 1 aromatic carbocycles. The normalized spacial score (nSPS) is 12.4. The standard InChI is InChI=1S/C19H16N4O2S/c1-11-16(14-7-3-4-8-15(14)21-11)17(24)12(2)26-19-23-22-18(25-19)13-6-5-9-20-10-13/h3-10,12,21H,1-2H3. The number of carbonyl (C=O) groups excluding carboxylic acids is 1. The number of aromatic nitrogens is 4. The molecule has 0 aliphatic rings. The summed E-state index contributed by atoms with van der Waals surface area (Å²) in [6, 6.07) is 11.5. The van der Waals surface area contributed by atoms with Gasteiger partial charge in [0.05, 0.1) is 10.8 Å². The third-order valence-electron chi connectivity index (χ3n) is 4.10. The number of thioether (sulfide) groups is 1. The monoisotopic (exact) mass is 364 g/mol. The number of ketones is 1. The lowest BCUT2D eigenvalue weighted by Gasteiger charge is -2.07. The largest absolute Gasteiger partial charge is 0.411 e. The van der Waals surface area contributed by atoms with Crippen molar-refractivity contribution in [2.75, 3.05) is 0 Å². The minimum atomic E-state index is -0.352. The van der Waals surface area contributed by atoms with Gasteiger partial charge in [-0.1, -0.05) is 30.0 Å². The fourth-order valence-electron chi connectivity index (χ4n) is 2.87. The predicted octanol–water partition coefficient (Wildman–Crippen LogP) is 4.28. The van der Waals surface area contributed by atoms with Crippen molar-refractivity contribution in [3.05, 3.63) is 60.0 Å². The predicted molar refractivity (Wildman–Crippen MR) is 100 cm³/mol. The average Bonchev–Trinajstić information content (AvgIpc) is 3.25. The van der Waals surface area contributed by atoms with Gasteiger partial charge in [-0.25, -0.2) is 0 Å². The Balaban J connectivity index is 1.56. The zero-order valence-corrected chi connectivity index (χ0v) is 15.1. The summed E-state index contributed by atoms with van der Waals surface area (Å²) >= 11 is 1.26. The number of aryl methyl sites for hydroxylation is 1. The summed E-state index contributed by atoms with van der Waals surface area (Å²) in [7, 11) is 0. The Morgan fingerprint density at radius 3 is 2.85 bits per heavy atom. The van der Waals surface area contributed by atoms with E-state index in [-0.39, 0.29) is 11.0 Å². The summed E-state index contributed by atoms with van der Waals surface area (Å²) in [6.45, 7) is 3.76. The highest BCUT2D eigenvalue weighted by atomic mass is 32.2. The summed E-state index contributed by atoms with van der Waals surface area (Å²) < 4.78 is 5.67. The first kappa shape index (κ1) is 16.5. The number of aromatic amines is 1. The lowest BCUT2D eigenvalue weighted by Crippen LogP contribution is -2.14. The molecule has 3 heterocycles. The number of rotatable bonds is 5. The summed E-state index contributed by atoms with van der Waals surface area (Å²) in [6.07, 6.45) is 3.34. The van der Waals surface area contributed by atoms with Crippen LogP contribution in [-0.4, -0.2) is 31.2 Å². The van der Waals surface area contributed by atoms with E-state index in [1.807, 2.05) is 44.2 Å². The molecule has 4 aromatic rings. The Kier molecular flexibility index (Phi) is 4.30. The van der Waals surface area contributed by atoms with E-state index >= 15 is 0 Å². The molecule has 6 nitrogen and oxygen atoms in total. The Hall–Kier alpha value is -2.93. The molecule has 4 rings (SSSR count). The maximum atomic E-state index is 13.0. The van der Waals surface area contributed by atoms with Gasteiger partial charge in [-0.15, -0.1) is 10.2 Å². The van der Waals surface area contributed by atoms with Gasteiger partial charge in [0.15, 0.2) is 5.78 Å². The zero-order chi connectivity index (χ0) is 18.1. The first-order valence-corrected chi connectivity index (χ1v) is 9.03. The minimum absolute atomic E-state index is 0.0334. The van der Waals surface area contributed by atoms with Crippen molar-refractivity contribution in [2.45, 2.75) is 24.3 Å². The minimum Gasteiger partial charge on any atom is -0.411 e. The quantitative estimate of drug-likeness (QED) is 0.420. The molecule has 0 spiro atoms. The molecule has 0 aliphatic carbocycles. The van der Waals surface area contributed by atoms with E-state index < -0.39 is 0 Å². The number of hydrogen-bond acceptors (Lipinski definition) is 6. The van der Waals surface area contributed by atoms with Crippen molar-refractivity contribution in [1.82, 2.24) is 20.2 Å². The number of H-pyrrole nitrogens is 1. The van der Waals surface area contributed by atoms with Crippen molar-refractivity contribution >= 4 is 28.4 Å². The molecule has 0 saturated heterocycles. The van der Waals surface area contributed by atoms with E-state index in [1.165, 1.54) is 11.8 Å². The Morgan fingerprint density at radius 2 is 2.04 bits per heavy atom. The maximum Gasteiger partial charge on any atom is 0.277 e. The summed E-state index contributed by atoms with van der Waals surface area (Å²) in [4.78, 5) is 20.3. The number of carbonyl (C=O) groups is 1. The fourth-order valence-corrected chi connectivity index (χ4v) is 3.61. The smallest absolute Gasteiger partial charge is 0.277 e. The van der Waals surface area contributed by atoms with Crippen LogP contribution in [0.2, 0.25) is 0 Å². The highest BCUT2D eigenvalue weighted by Gasteiger charge is 2.24. The molecule has 7 heteroatoms. The van der Waals surface area contributed by atoms with E-state index in [0.29, 0.717) is 16.7 Å². The first-order chi connectivity index (χ1) is 12.6. The summed E-state index contributed by atoms with van der Waals surface area (Å²) in [5.74, 6) is 0.426. The van der Waals surface area contributed by atoms with Crippen LogP contribution in [0.4, 0.5) is 0 Å². The van der Waals surface area contributed by atoms with Gasteiger partial charge in [0, 0.05) is 34.6 Å². The van der Waals surface area contributed by atoms with Gasteiger partial charge in [0.25, 0.3) is 5.22 Å². The van der Waals surface area contributed by atoms with E-state index in [2.05, 4.69) is 20.2 Å². The van der Waals surface area contributed by atoms with E-state index in [0.717, 1.165) is 22.2 Å². The van der Waals surface area contributed by atoms with Crippen molar-refractivity contribution in [3.8, 4) is 11.5 Å². The molecule has 0 bridgehead atoms. The Labute approximate surface area is 154 Å². The van der Waals surface area contributed by atoms with Gasteiger partial charge >= 0.3 is 0 Å². The third kappa shape index (κ3) is 3.01. The number of nitrogens with one attached hydrogen (secondary N) is 1. The van der Waals surface area contributed by atoms with E-state index in [1.54, 1.807) is 18.5 Å². The molecule has 1 N–H and O–H groups in total. The van der Waals surface area contributed by atoms with Crippen LogP contribution in [0.1, 0.15) is 23.0 Å². The van der Waals surface area contributed by atoms with Gasteiger partial charge in [-0.3, -0.25) is 9.78 Å². The van der Waals surface area contributed by atoms with Crippen LogP contribution in [0.15, 0.2) is 58.4 Å². The van der Waals surface area contributed by atoms with Crippen LogP contribution in [0.5, 0.6) is 0 Å². The number of fused-ring (bicyclic) bond motifs is 1. The van der Waals surface area contributed by atoms with Gasteiger partial charge in [-0.05, 0) is 32.0 Å². The molecule has 1 unspecified atom stereocenters. The molecular weight excluding hydrogens is 348 g/mol. The van der Waals surface area contributed by atoms with Gasteiger partial charge < -0.3 is 9.40 Å². The molecule has 3 aromatic heterocycles. The third-order valence-corrected chi connectivity index (χ3v) is 5.04. The van der Waals surface area contributed by atoms with Crippen LogP contribution >= 0.6 is 11.8 Å². The van der Waals surface area contributed by atoms with Crippen LogP contribution in [-0.2, 0) is 0 Å². The topological polar surface area (TPSA) is 84.7 Å². The Bertz CT molecular complexity index is 1070. The number of nitrogens with zero attached hydrogens (tertiary/aromatic N) is 3. The lowest BCUT2D eigenvalue weighted by molar-refractivity contribution is 0.0994. The van der Waals surface area contributed by atoms with Crippen LogP contribution < -0.4 is 0 Å². The van der Waals surface area contributed by atoms with E-state index in [9.17, 15) is 4.79 Å². The number of hydrogen-bond donors (Lipinski definition) is 1. The highest BCUT2D eigenvalue weighted by Crippen LogP contribution is 2.30. The van der Waals surface area contributed by atoms with Crippen LogP contribution in [0, 0.1) is 6.92 Å². The molecular formula is C19H16N4O2S. The lowest BCUT2D eigenvalue weighted by atomic mass is 10.1. The molecule has 0 radical (unpaired) electrons. The van der Waals surface area contributed by atoms with Gasteiger partial charge in [0.2, 0.25) is 5.89 Å². The second-order valence-electron chi connectivity index (χ2n) is 5.91. The fraction of sp³-hybridized carbons (Fsp3) is 0.158. The van der Waals surface area contributed by atoms with Crippen molar-refractivity contribution in [1.29, 1.82) is 0 Å². The zero-order valence-electron chi connectivity index (χ0n) is 14.3. The van der Waals surface area contributed by atoms with Crippen molar-refractivity contribution < 1.29 is 9.21 Å². The molecule has 130 valence electrons. The number of Topliss-reactive ketones (excluding diaryl/α,β-unsaturated/α-hetero) is 1.